The zero-order valence-electron chi connectivity index (χ0n) is 13.9. The van der Waals surface area contributed by atoms with E-state index in [1.165, 1.54) is 0 Å². The summed E-state index contributed by atoms with van der Waals surface area (Å²) in [5.41, 5.74) is 5.05. The molecule has 0 spiro atoms. The van der Waals surface area contributed by atoms with Gasteiger partial charge < -0.3 is 4.74 Å². The van der Waals surface area contributed by atoms with E-state index in [9.17, 15) is 4.79 Å². The van der Waals surface area contributed by atoms with Crippen molar-refractivity contribution in [3.8, 4) is 5.75 Å². The Bertz CT molecular complexity index is 694. The highest BCUT2D eigenvalue weighted by Crippen LogP contribution is 2.15. The van der Waals surface area contributed by atoms with E-state index < -0.39 is 0 Å². The molecule has 1 amide bonds. The molecule has 5 heteroatoms. The van der Waals surface area contributed by atoms with E-state index >= 15 is 0 Å². The van der Waals surface area contributed by atoms with Gasteiger partial charge in [0.05, 0.1) is 12.3 Å². The molecule has 0 bridgehead atoms. The third-order valence-corrected chi connectivity index (χ3v) is 3.91. The predicted octanol–water partition coefficient (Wildman–Crippen LogP) is 4.78. The Morgan fingerprint density at radius 2 is 1.67 bits per heavy atom. The number of hydrazone groups is 1. The topological polar surface area (TPSA) is 50.7 Å². The molecule has 2 rings (SSSR count). The largest absolute Gasteiger partial charge is 0.494 e. The molecule has 0 aliphatic heterocycles. The van der Waals surface area contributed by atoms with Crippen molar-refractivity contribution < 1.29 is 9.53 Å². The molecule has 2 aromatic carbocycles. The van der Waals surface area contributed by atoms with E-state index in [1.807, 2.05) is 43.3 Å². The van der Waals surface area contributed by atoms with Gasteiger partial charge in [-0.05, 0) is 67.4 Å². The molecule has 0 saturated carbocycles. The molecule has 0 aliphatic carbocycles. The van der Waals surface area contributed by atoms with E-state index in [0.717, 1.165) is 34.3 Å². The number of benzene rings is 2. The second-order valence-corrected chi connectivity index (χ2v) is 6.13. The average molecular weight is 389 g/mol. The molecule has 0 fully saturated rings. The summed E-state index contributed by atoms with van der Waals surface area (Å²) in [4.78, 5) is 12.2. The van der Waals surface area contributed by atoms with Crippen LogP contribution < -0.4 is 10.2 Å². The Kier molecular flexibility index (Phi) is 7.00. The van der Waals surface area contributed by atoms with Crippen LogP contribution in [0.1, 0.15) is 42.6 Å². The second kappa shape index (κ2) is 9.23. The zero-order chi connectivity index (χ0) is 17.4. The maximum atomic E-state index is 12.2. The second-order valence-electron chi connectivity index (χ2n) is 5.21. The molecule has 2 aromatic rings. The summed E-state index contributed by atoms with van der Waals surface area (Å²) in [6.07, 6.45) is 1.73. The summed E-state index contributed by atoms with van der Waals surface area (Å²) in [7, 11) is 0. The number of hydrogen-bond acceptors (Lipinski definition) is 3. The van der Waals surface area contributed by atoms with Crippen molar-refractivity contribution in [2.75, 3.05) is 6.61 Å². The summed E-state index contributed by atoms with van der Waals surface area (Å²) in [5.74, 6) is 0.609. The number of nitrogens with zero attached hydrogens (tertiary/aromatic N) is 1. The fraction of sp³-hybridized carbons (Fsp3) is 0.263. The fourth-order valence-electron chi connectivity index (χ4n) is 2.20. The molecule has 1 N–H and O–H groups in total. The minimum atomic E-state index is -0.220. The van der Waals surface area contributed by atoms with E-state index in [-0.39, 0.29) is 5.91 Å². The van der Waals surface area contributed by atoms with Gasteiger partial charge in [-0.1, -0.05) is 29.3 Å². The Morgan fingerprint density at radius 1 is 1.04 bits per heavy atom. The lowest BCUT2D eigenvalue weighted by molar-refractivity contribution is 0.0954. The van der Waals surface area contributed by atoms with Gasteiger partial charge in [-0.15, -0.1) is 0 Å². The van der Waals surface area contributed by atoms with Crippen molar-refractivity contribution in [2.45, 2.75) is 26.7 Å². The Balaban J connectivity index is 2.12. The molecule has 0 saturated heterocycles. The van der Waals surface area contributed by atoms with Gasteiger partial charge in [0.15, 0.2) is 0 Å². The number of rotatable bonds is 7. The van der Waals surface area contributed by atoms with Gasteiger partial charge in [0, 0.05) is 10.0 Å². The lowest BCUT2D eigenvalue weighted by atomic mass is 10.1. The predicted molar refractivity (Wildman–Crippen MR) is 101 cm³/mol. The minimum absolute atomic E-state index is 0.220. The molecule has 0 unspecified atom stereocenters. The zero-order valence-corrected chi connectivity index (χ0v) is 15.5. The Hall–Kier alpha value is -2.14. The Labute approximate surface area is 151 Å². The fourth-order valence-corrected chi connectivity index (χ4v) is 2.46. The van der Waals surface area contributed by atoms with E-state index in [2.05, 4.69) is 33.4 Å². The monoisotopic (exact) mass is 388 g/mol. The van der Waals surface area contributed by atoms with Crippen LogP contribution in [0.25, 0.3) is 0 Å². The number of hydrogen-bond donors (Lipinski definition) is 1. The summed E-state index contributed by atoms with van der Waals surface area (Å²) in [6, 6.07) is 14.9. The van der Waals surface area contributed by atoms with Crippen molar-refractivity contribution in [3.05, 3.63) is 64.1 Å². The molecule has 0 aromatic heterocycles. The van der Waals surface area contributed by atoms with Crippen molar-refractivity contribution in [3.63, 3.8) is 0 Å². The van der Waals surface area contributed by atoms with Crippen LogP contribution in [0.2, 0.25) is 0 Å². The molecule has 0 radical (unpaired) electrons. The first kappa shape index (κ1) is 18.2. The number of ether oxygens (including phenoxy) is 1. The normalized spacial score (nSPS) is 11.2. The van der Waals surface area contributed by atoms with Gasteiger partial charge in [-0.2, -0.15) is 5.10 Å². The Morgan fingerprint density at radius 3 is 2.25 bits per heavy atom. The van der Waals surface area contributed by atoms with Crippen LogP contribution in [-0.2, 0) is 0 Å². The number of carbonyl (C=O) groups is 1. The van der Waals surface area contributed by atoms with Gasteiger partial charge in [-0.25, -0.2) is 5.43 Å². The van der Waals surface area contributed by atoms with Crippen molar-refractivity contribution >= 4 is 27.5 Å². The third kappa shape index (κ3) is 5.20. The highest BCUT2D eigenvalue weighted by molar-refractivity contribution is 9.10. The molecule has 0 aliphatic rings. The number of amides is 1. The van der Waals surface area contributed by atoms with Crippen LogP contribution in [0, 0.1) is 0 Å². The average Bonchev–Trinajstić information content (AvgIpc) is 2.60. The first-order valence-corrected chi connectivity index (χ1v) is 8.79. The highest BCUT2D eigenvalue weighted by Gasteiger charge is 2.07. The minimum Gasteiger partial charge on any atom is -0.494 e. The van der Waals surface area contributed by atoms with Crippen LogP contribution in [0.3, 0.4) is 0 Å². The lowest BCUT2D eigenvalue weighted by Crippen LogP contribution is -2.20. The quantitative estimate of drug-likeness (QED) is 0.547. The van der Waals surface area contributed by atoms with Gasteiger partial charge in [0.1, 0.15) is 5.75 Å². The standard InChI is InChI=1S/C19H21BrN2O2/c1-3-5-18(14-8-12-17(13-9-14)24-4-2)21-22-19(23)15-6-10-16(20)11-7-15/h6-13H,3-5H2,1-2H3,(H,22,23). The molecule has 24 heavy (non-hydrogen) atoms. The van der Waals surface area contributed by atoms with Crippen molar-refractivity contribution in [2.24, 2.45) is 5.10 Å². The summed E-state index contributed by atoms with van der Waals surface area (Å²) < 4.78 is 6.39. The molecule has 0 heterocycles. The van der Waals surface area contributed by atoms with E-state index in [1.54, 1.807) is 12.1 Å². The van der Waals surface area contributed by atoms with Gasteiger partial charge in [-0.3, -0.25) is 4.79 Å². The van der Waals surface area contributed by atoms with Gasteiger partial charge >= 0.3 is 0 Å². The van der Waals surface area contributed by atoms with Crippen LogP contribution >= 0.6 is 15.9 Å². The number of halogens is 1. The molecular formula is C19H21BrN2O2. The summed E-state index contributed by atoms with van der Waals surface area (Å²) in [6.45, 7) is 4.68. The SMILES string of the molecule is CCCC(=NNC(=O)c1ccc(Br)cc1)c1ccc(OCC)cc1. The summed E-state index contributed by atoms with van der Waals surface area (Å²) >= 11 is 3.36. The van der Waals surface area contributed by atoms with Crippen molar-refractivity contribution in [1.82, 2.24) is 5.43 Å². The third-order valence-electron chi connectivity index (χ3n) is 3.38. The first-order valence-electron chi connectivity index (χ1n) is 7.99. The number of carbonyl (C=O) groups excluding carboxylic acids is 1. The maximum absolute atomic E-state index is 12.2. The molecule has 0 atom stereocenters. The van der Waals surface area contributed by atoms with Crippen molar-refractivity contribution in [1.29, 1.82) is 0 Å². The molecular weight excluding hydrogens is 368 g/mol. The van der Waals surface area contributed by atoms with Crippen LogP contribution in [0.5, 0.6) is 5.75 Å². The smallest absolute Gasteiger partial charge is 0.271 e. The van der Waals surface area contributed by atoms with E-state index in [4.69, 9.17) is 4.74 Å². The van der Waals surface area contributed by atoms with Crippen LogP contribution in [0.15, 0.2) is 58.1 Å². The maximum Gasteiger partial charge on any atom is 0.271 e. The van der Waals surface area contributed by atoms with Gasteiger partial charge in [0.2, 0.25) is 0 Å². The van der Waals surface area contributed by atoms with E-state index in [0.29, 0.717) is 12.2 Å². The summed E-state index contributed by atoms with van der Waals surface area (Å²) in [5, 5.41) is 4.32. The lowest BCUT2D eigenvalue weighted by Gasteiger charge is -2.08. The number of nitrogens with one attached hydrogen (secondary N) is 1. The molecule has 126 valence electrons. The first-order chi connectivity index (χ1) is 11.6. The van der Waals surface area contributed by atoms with Crippen LogP contribution in [-0.4, -0.2) is 18.2 Å². The highest BCUT2D eigenvalue weighted by atomic mass is 79.9. The van der Waals surface area contributed by atoms with Crippen LogP contribution in [0.4, 0.5) is 0 Å². The van der Waals surface area contributed by atoms with Gasteiger partial charge in [0.25, 0.3) is 5.91 Å². The molecule has 4 nitrogen and oxygen atoms in total.